The van der Waals surface area contributed by atoms with E-state index in [4.69, 9.17) is 5.73 Å². The normalized spacial score (nSPS) is 10.6. The highest BCUT2D eigenvalue weighted by atomic mass is 19.1. The summed E-state index contributed by atoms with van der Waals surface area (Å²) < 4.78 is 13.8. The van der Waals surface area contributed by atoms with E-state index in [1.165, 1.54) is 6.07 Å². The van der Waals surface area contributed by atoms with Crippen LogP contribution in [-0.2, 0) is 4.79 Å². The lowest BCUT2D eigenvalue weighted by Crippen LogP contribution is -2.41. The molecule has 0 heterocycles. The van der Waals surface area contributed by atoms with Crippen molar-refractivity contribution in [3.8, 4) is 0 Å². The van der Waals surface area contributed by atoms with E-state index in [1.807, 2.05) is 13.8 Å². The second-order valence-electron chi connectivity index (χ2n) is 4.74. The van der Waals surface area contributed by atoms with Gasteiger partial charge in [0.05, 0.1) is 12.2 Å². The molecule has 0 bridgehead atoms. The zero-order valence-electron chi connectivity index (χ0n) is 11.5. The number of carbonyl (C=O) groups excluding carboxylic acids is 1. The molecule has 0 fully saturated rings. The van der Waals surface area contributed by atoms with Gasteiger partial charge in [0.25, 0.3) is 0 Å². The Balaban J connectivity index is 2.77. The maximum atomic E-state index is 13.8. The van der Waals surface area contributed by atoms with E-state index in [0.717, 1.165) is 0 Å². The third-order valence-electron chi connectivity index (χ3n) is 2.61. The van der Waals surface area contributed by atoms with Crippen LogP contribution in [0.4, 0.5) is 10.1 Å². The van der Waals surface area contributed by atoms with Crippen molar-refractivity contribution in [2.24, 2.45) is 5.73 Å². The Morgan fingerprint density at radius 2 is 2.11 bits per heavy atom. The minimum Gasteiger partial charge on any atom is -0.360 e. The lowest BCUT2D eigenvalue weighted by molar-refractivity contribution is -0.120. The molecule has 19 heavy (non-hydrogen) atoms. The van der Waals surface area contributed by atoms with E-state index in [1.54, 1.807) is 23.1 Å². The molecule has 0 atom stereocenters. The van der Waals surface area contributed by atoms with Crippen molar-refractivity contribution in [3.05, 3.63) is 30.1 Å². The highest BCUT2D eigenvalue weighted by Gasteiger charge is 2.14. The summed E-state index contributed by atoms with van der Waals surface area (Å²) in [5.74, 6) is -0.438. The van der Waals surface area contributed by atoms with Crippen LogP contribution in [0.15, 0.2) is 24.3 Å². The third-order valence-corrected chi connectivity index (χ3v) is 2.61. The summed E-state index contributed by atoms with van der Waals surface area (Å²) in [5.41, 5.74) is 5.92. The molecular formula is C14H22FN3O. The highest BCUT2D eigenvalue weighted by Crippen LogP contribution is 2.18. The first-order chi connectivity index (χ1) is 9.04. The molecule has 0 aliphatic rings. The zero-order chi connectivity index (χ0) is 14.3. The van der Waals surface area contributed by atoms with Crippen LogP contribution in [0.1, 0.15) is 20.3 Å². The molecule has 4 nitrogen and oxygen atoms in total. The number of carbonyl (C=O) groups is 1. The predicted octanol–water partition coefficient (Wildman–Crippen LogP) is 1.51. The molecule has 0 saturated heterocycles. The van der Waals surface area contributed by atoms with E-state index >= 15 is 0 Å². The van der Waals surface area contributed by atoms with Gasteiger partial charge in [0, 0.05) is 12.6 Å². The lowest BCUT2D eigenvalue weighted by atomic mass is 10.2. The number of hydrogen-bond donors (Lipinski definition) is 2. The van der Waals surface area contributed by atoms with Crippen molar-refractivity contribution in [1.82, 2.24) is 5.32 Å². The largest absolute Gasteiger partial charge is 0.360 e. The van der Waals surface area contributed by atoms with Gasteiger partial charge >= 0.3 is 0 Å². The Morgan fingerprint density at radius 1 is 1.42 bits per heavy atom. The number of halogens is 1. The number of nitrogens with two attached hydrogens (primary N) is 1. The van der Waals surface area contributed by atoms with E-state index < -0.39 is 0 Å². The van der Waals surface area contributed by atoms with Crippen LogP contribution in [0, 0.1) is 5.82 Å². The van der Waals surface area contributed by atoms with Gasteiger partial charge in [-0.2, -0.15) is 0 Å². The smallest absolute Gasteiger partial charge is 0.239 e. The molecule has 0 spiro atoms. The van der Waals surface area contributed by atoms with E-state index in [-0.39, 0.29) is 24.3 Å². The Kier molecular flexibility index (Phi) is 6.29. The summed E-state index contributed by atoms with van der Waals surface area (Å²) in [6, 6.07) is 6.53. The van der Waals surface area contributed by atoms with Crippen LogP contribution >= 0.6 is 0 Å². The van der Waals surface area contributed by atoms with E-state index in [2.05, 4.69) is 5.32 Å². The number of anilines is 1. The zero-order valence-corrected chi connectivity index (χ0v) is 11.5. The van der Waals surface area contributed by atoms with E-state index in [0.29, 0.717) is 25.2 Å². The highest BCUT2D eigenvalue weighted by molar-refractivity contribution is 5.81. The molecule has 5 heteroatoms. The van der Waals surface area contributed by atoms with Crippen LogP contribution in [-0.4, -0.2) is 31.6 Å². The first-order valence-corrected chi connectivity index (χ1v) is 6.53. The maximum absolute atomic E-state index is 13.8. The molecule has 0 radical (unpaired) electrons. The Bertz CT molecular complexity index is 409. The molecule has 106 valence electrons. The average Bonchev–Trinajstić information content (AvgIpc) is 2.34. The molecule has 1 aromatic rings. The number of nitrogens with zero attached hydrogens (tertiary/aromatic N) is 1. The van der Waals surface area contributed by atoms with Gasteiger partial charge in [0.15, 0.2) is 0 Å². The summed E-state index contributed by atoms with van der Waals surface area (Å²) in [4.78, 5) is 13.5. The first kappa shape index (κ1) is 15.4. The Hall–Kier alpha value is -1.62. The van der Waals surface area contributed by atoms with Crippen LogP contribution < -0.4 is 16.0 Å². The molecule has 0 aromatic heterocycles. The number of nitrogens with one attached hydrogen (secondary N) is 1. The monoisotopic (exact) mass is 267 g/mol. The van der Waals surface area contributed by atoms with Gasteiger partial charge in [-0.05, 0) is 38.9 Å². The number of amides is 1. The van der Waals surface area contributed by atoms with Gasteiger partial charge < -0.3 is 16.0 Å². The maximum Gasteiger partial charge on any atom is 0.239 e. The molecule has 0 aliphatic carbocycles. The summed E-state index contributed by atoms with van der Waals surface area (Å²) in [6.45, 7) is 5.00. The fraction of sp³-hybridized carbons (Fsp3) is 0.500. The molecule has 0 unspecified atom stereocenters. The third kappa shape index (κ3) is 5.26. The fourth-order valence-corrected chi connectivity index (χ4v) is 1.82. The van der Waals surface area contributed by atoms with Gasteiger partial charge in [-0.1, -0.05) is 12.1 Å². The Morgan fingerprint density at radius 3 is 2.68 bits per heavy atom. The minimum atomic E-state index is -0.322. The van der Waals surface area contributed by atoms with Gasteiger partial charge in [-0.15, -0.1) is 0 Å². The second-order valence-corrected chi connectivity index (χ2v) is 4.74. The average molecular weight is 267 g/mol. The molecule has 0 aliphatic heterocycles. The molecule has 3 N–H and O–H groups in total. The van der Waals surface area contributed by atoms with Crippen LogP contribution in [0.5, 0.6) is 0 Å². The molecule has 1 rings (SSSR count). The van der Waals surface area contributed by atoms with Crippen LogP contribution in [0.25, 0.3) is 0 Å². The van der Waals surface area contributed by atoms with Gasteiger partial charge in [0.1, 0.15) is 5.82 Å². The van der Waals surface area contributed by atoms with Crippen molar-refractivity contribution >= 4 is 11.6 Å². The summed E-state index contributed by atoms with van der Waals surface area (Å²) in [6.07, 6.45) is 0.712. The number of para-hydroxylation sites is 1. The second kappa shape index (κ2) is 7.74. The summed E-state index contributed by atoms with van der Waals surface area (Å²) >= 11 is 0. The summed E-state index contributed by atoms with van der Waals surface area (Å²) in [7, 11) is 0. The molecular weight excluding hydrogens is 245 g/mol. The van der Waals surface area contributed by atoms with Crippen molar-refractivity contribution in [1.29, 1.82) is 0 Å². The quantitative estimate of drug-likeness (QED) is 0.787. The SMILES string of the molecule is CC(C)NC(=O)CN(CCCN)c1ccccc1F. The van der Waals surface area contributed by atoms with Crippen molar-refractivity contribution in [2.75, 3.05) is 24.5 Å². The molecule has 1 amide bonds. The first-order valence-electron chi connectivity index (χ1n) is 6.53. The molecule has 1 aromatic carbocycles. The molecule has 0 saturated carbocycles. The van der Waals surface area contributed by atoms with Gasteiger partial charge in [-0.25, -0.2) is 4.39 Å². The summed E-state index contributed by atoms with van der Waals surface area (Å²) in [5, 5.41) is 2.80. The number of hydrogen-bond acceptors (Lipinski definition) is 3. The van der Waals surface area contributed by atoms with Gasteiger partial charge in [0.2, 0.25) is 5.91 Å². The van der Waals surface area contributed by atoms with Crippen LogP contribution in [0.3, 0.4) is 0 Å². The van der Waals surface area contributed by atoms with Crippen molar-refractivity contribution < 1.29 is 9.18 Å². The van der Waals surface area contributed by atoms with Crippen LogP contribution in [0.2, 0.25) is 0 Å². The van der Waals surface area contributed by atoms with Crippen molar-refractivity contribution in [2.45, 2.75) is 26.3 Å². The Labute approximate surface area is 113 Å². The van der Waals surface area contributed by atoms with Crippen molar-refractivity contribution in [3.63, 3.8) is 0 Å². The predicted molar refractivity (Wildman–Crippen MR) is 75.6 cm³/mol. The number of benzene rings is 1. The standard InChI is InChI=1S/C14H22FN3O/c1-11(2)17-14(19)10-18(9-5-8-16)13-7-4-3-6-12(13)15/h3-4,6-7,11H,5,8-10,16H2,1-2H3,(H,17,19). The lowest BCUT2D eigenvalue weighted by Gasteiger charge is -2.25. The number of rotatable bonds is 7. The van der Waals surface area contributed by atoms with E-state index in [9.17, 15) is 9.18 Å². The minimum absolute atomic E-state index is 0.0736. The fourth-order valence-electron chi connectivity index (χ4n) is 1.82. The van der Waals surface area contributed by atoms with Gasteiger partial charge in [-0.3, -0.25) is 4.79 Å². The topological polar surface area (TPSA) is 58.4 Å².